The van der Waals surface area contributed by atoms with E-state index < -0.39 is 0 Å². The van der Waals surface area contributed by atoms with Crippen molar-refractivity contribution in [1.29, 1.82) is 0 Å². The third kappa shape index (κ3) is 6.24. The molecule has 1 aromatic heterocycles. The minimum absolute atomic E-state index is 1.09. The Balaban J connectivity index is 1.15. The summed E-state index contributed by atoms with van der Waals surface area (Å²) in [5, 5.41) is 2.52. The first-order valence-corrected chi connectivity index (χ1v) is 19.2. The highest BCUT2D eigenvalue weighted by molar-refractivity contribution is 6.09. The van der Waals surface area contributed by atoms with Crippen molar-refractivity contribution in [2.75, 3.05) is 4.90 Å². The van der Waals surface area contributed by atoms with Crippen LogP contribution in [-0.2, 0) is 0 Å². The number of benzene rings is 9. The molecule has 2 nitrogen and oxygen atoms in total. The average molecular weight is 715 g/mol. The lowest BCUT2D eigenvalue weighted by Gasteiger charge is -2.27. The topological polar surface area (TPSA) is 8.17 Å². The molecule has 0 aliphatic carbocycles. The number of rotatable bonds is 8. The molecule has 2 heteroatoms. The smallest absolute Gasteiger partial charge is 0.0541 e. The van der Waals surface area contributed by atoms with Gasteiger partial charge in [0.1, 0.15) is 0 Å². The van der Waals surface area contributed by atoms with Crippen LogP contribution in [0.5, 0.6) is 0 Å². The predicted octanol–water partition coefficient (Wildman–Crippen LogP) is 14.9. The molecule has 0 amide bonds. The van der Waals surface area contributed by atoms with E-state index in [-0.39, 0.29) is 0 Å². The molecule has 0 unspecified atom stereocenters. The van der Waals surface area contributed by atoms with Crippen LogP contribution < -0.4 is 4.90 Å². The van der Waals surface area contributed by atoms with Gasteiger partial charge in [-0.3, -0.25) is 0 Å². The van der Waals surface area contributed by atoms with Crippen molar-refractivity contribution in [2.24, 2.45) is 0 Å². The summed E-state index contributed by atoms with van der Waals surface area (Å²) in [4.78, 5) is 2.39. The van der Waals surface area contributed by atoms with E-state index in [4.69, 9.17) is 0 Å². The summed E-state index contributed by atoms with van der Waals surface area (Å²) in [7, 11) is 0. The number of aromatic nitrogens is 1. The Bertz CT molecular complexity index is 2790. The second-order valence-electron chi connectivity index (χ2n) is 14.2. The summed E-state index contributed by atoms with van der Waals surface area (Å²) in [5.41, 5.74) is 16.2. The molecule has 0 fully saturated rings. The standard InChI is InChI=1S/C54H38N2/c1-4-15-39(16-5-1)42-27-31-47(32-28-42)55(48-33-29-43(30-34-48)40-17-6-2-7-18-40)50-37-45(41-19-8-3-9-20-41)35-46(38-50)44-21-14-22-49(36-44)56-53-25-12-10-23-51(53)52-24-11-13-26-54(52)56/h1-38H. The van der Waals surface area contributed by atoms with Crippen molar-refractivity contribution < 1.29 is 0 Å². The fourth-order valence-corrected chi connectivity index (χ4v) is 8.04. The van der Waals surface area contributed by atoms with Crippen molar-refractivity contribution in [1.82, 2.24) is 4.57 Å². The first-order chi connectivity index (χ1) is 27.8. The van der Waals surface area contributed by atoms with Crippen LogP contribution in [0.3, 0.4) is 0 Å². The SMILES string of the molecule is c1ccc(-c2ccc(N(c3ccc(-c4ccccc4)cc3)c3cc(-c4ccccc4)cc(-c4cccc(-n5c6ccccc6c6ccccc65)c4)c3)cc2)cc1. The van der Waals surface area contributed by atoms with Crippen LogP contribution >= 0.6 is 0 Å². The van der Waals surface area contributed by atoms with Crippen LogP contribution in [0.4, 0.5) is 17.1 Å². The fraction of sp³-hybridized carbons (Fsp3) is 0. The monoisotopic (exact) mass is 714 g/mol. The maximum atomic E-state index is 2.39. The molecule has 0 radical (unpaired) electrons. The summed E-state index contributed by atoms with van der Waals surface area (Å²) in [6, 6.07) is 83.1. The average Bonchev–Trinajstić information content (AvgIpc) is 3.62. The maximum absolute atomic E-state index is 2.39. The van der Waals surface area contributed by atoms with Gasteiger partial charge in [-0.15, -0.1) is 0 Å². The highest BCUT2D eigenvalue weighted by atomic mass is 15.1. The summed E-state index contributed by atoms with van der Waals surface area (Å²) in [5.74, 6) is 0. The lowest BCUT2D eigenvalue weighted by molar-refractivity contribution is 1.18. The number of para-hydroxylation sites is 2. The molecule has 10 rings (SSSR count). The third-order valence-electron chi connectivity index (χ3n) is 10.8. The van der Waals surface area contributed by atoms with Gasteiger partial charge < -0.3 is 9.47 Å². The van der Waals surface area contributed by atoms with Gasteiger partial charge in [0.15, 0.2) is 0 Å². The van der Waals surface area contributed by atoms with E-state index in [0.29, 0.717) is 0 Å². The molecule has 0 saturated carbocycles. The number of hydrogen-bond acceptors (Lipinski definition) is 1. The Morgan fingerprint density at radius 2 is 0.643 bits per heavy atom. The number of hydrogen-bond donors (Lipinski definition) is 0. The largest absolute Gasteiger partial charge is 0.310 e. The summed E-state index contributed by atoms with van der Waals surface area (Å²) < 4.78 is 2.39. The van der Waals surface area contributed by atoms with E-state index >= 15 is 0 Å². The van der Waals surface area contributed by atoms with Crippen molar-refractivity contribution >= 4 is 38.9 Å². The van der Waals surface area contributed by atoms with Gasteiger partial charge in [0, 0.05) is 33.5 Å². The van der Waals surface area contributed by atoms with Crippen LogP contribution in [0.15, 0.2) is 231 Å². The number of fused-ring (bicyclic) bond motifs is 3. The minimum Gasteiger partial charge on any atom is -0.310 e. The van der Waals surface area contributed by atoms with E-state index in [9.17, 15) is 0 Å². The van der Waals surface area contributed by atoms with Crippen molar-refractivity contribution in [3.05, 3.63) is 231 Å². The van der Waals surface area contributed by atoms with Gasteiger partial charge in [0.2, 0.25) is 0 Å². The van der Waals surface area contributed by atoms with Crippen LogP contribution in [-0.4, -0.2) is 4.57 Å². The normalized spacial score (nSPS) is 11.2. The minimum atomic E-state index is 1.09. The Morgan fingerprint density at radius 3 is 1.14 bits per heavy atom. The van der Waals surface area contributed by atoms with E-state index in [1.54, 1.807) is 0 Å². The molecule has 0 saturated heterocycles. The first-order valence-electron chi connectivity index (χ1n) is 19.2. The van der Waals surface area contributed by atoms with E-state index in [1.807, 2.05) is 0 Å². The highest BCUT2D eigenvalue weighted by Gasteiger charge is 2.18. The molecule has 0 aliphatic heterocycles. The highest BCUT2D eigenvalue weighted by Crippen LogP contribution is 2.41. The lowest BCUT2D eigenvalue weighted by atomic mass is 9.96. The molecule has 0 atom stereocenters. The molecule has 0 spiro atoms. The molecule has 1 heterocycles. The first kappa shape index (κ1) is 33.2. The molecule has 0 bridgehead atoms. The molecule has 0 N–H and O–H groups in total. The molecule has 0 aliphatic rings. The van der Waals surface area contributed by atoms with Crippen LogP contribution in [0.1, 0.15) is 0 Å². The molecule has 56 heavy (non-hydrogen) atoms. The Morgan fingerprint density at radius 1 is 0.250 bits per heavy atom. The van der Waals surface area contributed by atoms with Crippen LogP contribution in [0.2, 0.25) is 0 Å². The second-order valence-corrected chi connectivity index (χ2v) is 14.2. The fourth-order valence-electron chi connectivity index (χ4n) is 8.04. The summed E-state index contributed by atoms with van der Waals surface area (Å²) in [6.45, 7) is 0. The number of anilines is 3. The number of nitrogens with zero attached hydrogens (tertiary/aromatic N) is 2. The summed E-state index contributed by atoms with van der Waals surface area (Å²) in [6.07, 6.45) is 0. The van der Waals surface area contributed by atoms with E-state index in [0.717, 1.165) is 39.4 Å². The molecular weight excluding hydrogens is 677 g/mol. The molecule has 10 aromatic rings. The van der Waals surface area contributed by atoms with Crippen molar-refractivity contribution in [3.63, 3.8) is 0 Å². The van der Waals surface area contributed by atoms with Gasteiger partial charge in [-0.25, -0.2) is 0 Å². The van der Waals surface area contributed by atoms with Gasteiger partial charge >= 0.3 is 0 Å². The lowest BCUT2D eigenvalue weighted by Crippen LogP contribution is -2.10. The van der Waals surface area contributed by atoms with Gasteiger partial charge in [0.05, 0.1) is 11.0 Å². The van der Waals surface area contributed by atoms with E-state index in [1.165, 1.54) is 49.6 Å². The van der Waals surface area contributed by atoms with Gasteiger partial charge in [-0.1, -0.05) is 164 Å². The molecular formula is C54H38N2. The maximum Gasteiger partial charge on any atom is 0.0541 e. The quantitative estimate of drug-likeness (QED) is 0.152. The summed E-state index contributed by atoms with van der Waals surface area (Å²) >= 11 is 0. The molecule has 9 aromatic carbocycles. The van der Waals surface area contributed by atoms with Crippen molar-refractivity contribution in [3.8, 4) is 50.2 Å². The van der Waals surface area contributed by atoms with Gasteiger partial charge in [0.25, 0.3) is 0 Å². The predicted molar refractivity (Wildman–Crippen MR) is 237 cm³/mol. The zero-order valence-electron chi connectivity index (χ0n) is 30.8. The second kappa shape index (κ2) is 14.4. The third-order valence-corrected chi connectivity index (χ3v) is 10.8. The zero-order chi connectivity index (χ0) is 37.3. The van der Waals surface area contributed by atoms with E-state index in [2.05, 4.69) is 240 Å². The Labute approximate surface area is 327 Å². The molecule has 264 valence electrons. The van der Waals surface area contributed by atoms with Crippen molar-refractivity contribution in [2.45, 2.75) is 0 Å². The van der Waals surface area contributed by atoms with Crippen LogP contribution in [0.25, 0.3) is 72.0 Å². The van der Waals surface area contributed by atoms with Crippen LogP contribution in [0, 0.1) is 0 Å². The zero-order valence-corrected chi connectivity index (χ0v) is 30.8. The Hall–Kier alpha value is -7.42. The van der Waals surface area contributed by atoms with Gasteiger partial charge in [-0.05, 0) is 111 Å². The Kier molecular flexibility index (Phi) is 8.55. The van der Waals surface area contributed by atoms with Gasteiger partial charge in [-0.2, -0.15) is 0 Å².